The summed E-state index contributed by atoms with van der Waals surface area (Å²) in [6.07, 6.45) is -0.333. The standard InChI is InChI=1S/C11H19N3O6S/c1-12-9(15)2-3-13-11(18)14-4-5-21(19,20)7-8(14)6-10(16)17/h8H,2-7H2,1H3,(H,12,15)(H,13,18)(H,16,17). The van der Waals surface area contributed by atoms with Gasteiger partial charge < -0.3 is 20.6 Å². The van der Waals surface area contributed by atoms with Crippen LogP contribution in [0.25, 0.3) is 0 Å². The highest BCUT2D eigenvalue weighted by Crippen LogP contribution is 2.15. The van der Waals surface area contributed by atoms with Crippen LogP contribution in [0.3, 0.4) is 0 Å². The van der Waals surface area contributed by atoms with Crippen LogP contribution in [0, 0.1) is 0 Å². The molecule has 1 rings (SSSR count). The van der Waals surface area contributed by atoms with Gasteiger partial charge in [-0.05, 0) is 0 Å². The van der Waals surface area contributed by atoms with Crippen molar-refractivity contribution < 1.29 is 27.9 Å². The molecule has 1 saturated heterocycles. The second kappa shape index (κ2) is 7.25. The number of rotatable bonds is 5. The number of amides is 3. The topological polar surface area (TPSA) is 133 Å². The van der Waals surface area contributed by atoms with E-state index in [1.165, 1.54) is 11.9 Å². The lowest BCUT2D eigenvalue weighted by Gasteiger charge is -2.34. The molecule has 1 aliphatic heterocycles. The number of carboxylic acids is 1. The number of nitrogens with zero attached hydrogens (tertiary/aromatic N) is 1. The van der Waals surface area contributed by atoms with E-state index in [4.69, 9.17) is 5.11 Å². The van der Waals surface area contributed by atoms with Crippen LogP contribution >= 0.6 is 0 Å². The minimum atomic E-state index is -3.33. The molecule has 3 N–H and O–H groups in total. The van der Waals surface area contributed by atoms with Gasteiger partial charge in [-0.15, -0.1) is 0 Å². The molecule has 1 atom stereocenters. The van der Waals surface area contributed by atoms with Gasteiger partial charge in [-0.25, -0.2) is 13.2 Å². The van der Waals surface area contributed by atoms with E-state index in [1.807, 2.05) is 0 Å². The van der Waals surface area contributed by atoms with Crippen LogP contribution < -0.4 is 10.6 Å². The van der Waals surface area contributed by atoms with Crippen molar-refractivity contribution in [1.82, 2.24) is 15.5 Å². The number of nitrogens with one attached hydrogen (secondary N) is 2. The Morgan fingerprint density at radius 2 is 2.00 bits per heavy atom. The van der Waals surface area contributed by atoms with Crippen molar-refractivity contribution in [3.8, 4) is 0 Å². The Labute approximate surface area is 122 Å². The summed E-state index contributed by atoms with van der Waals surface area (Å²) in [6, 6.07) is -1.44. The van der Waals surface area contributed by atoms with Crippen LogP contribution in [0.4, 0.5) is 4.79 Å². The second-order valence-corrected chi connectivity index (χ2v) is 6.94. The predicted octanol–water partition coefficient (Wildman–Crippen LogP) is -1.59. The highest BCUT2D eigenvalue weighted by Gasteiger charge is 2.35. The summed E-state index contributed by atoms with van der Waals surface area (Å²) in [6.45, 7) is 0.0492. The highest BCUT2D eigenvalue weighted by molar-refractivity contribution is 7.91. The van der Waals surface area contributed by atoms with Gasteiger partial charge in [0.15, 0.2) is 9.84 Å². The molecule has 0 aromatic heterocycles. The third-order valence-corrected chi connectivity index (χ3v) is 4.81. The van der Waals surface area contributed by atoms with Crippen molar-refractivity contribution in [2.75, 3.05) is 31.6 Å². The Kier molecular flexibility index (Phi) is 5.94. The van der Waals surface area contributed by atoms with Crippen molar-refractivity contribution in [1.29, 1.82) is 0 Å². The van der Waals surface area contributed by atoms with E-state index in [0.29, 0.717) is 0 Å². The van der Waals surface area contributed by atoms with E-state index < -0.39 is 34.3 Å². The normalized spacial score (nSPS) is 20.6. The maximum absolute atomic E-state index is 12.0. The molecule has 9 nitrogen and oxygen atoms in total. The maximum Gasteiger partial charge on any atom is 0.317 e. The molecule has 1 aliphatic rings. The zero-order valence-corrected chi connectivity index (χ0v) is 12.5. The molecule has 10 heteroatoms. The molecule has 3 amide bonds. The molecule has 0 bridgehead atoms. The number of carboxylic acid groups (broad SMARTS) is 1. The first-order chi connectivity index (χ1) is 9.75. The molecule has 1 heterocycles. The van der Waals surface area contributed by atoms with E-state index >= 15 is 0 Å². The van der Waals surface area contributed by atoms with Gasteiger partial charge in [0.05, 0.1) is 24.0 Å². The number of carbonyl (C=O) groups excluding carboxylic acids is 2. The van der Waals surface area contributed by atoms with Crippen LogP contribution in [-0.4, -0.2) is 74.0 Å². The average Bonchev–Trinajstić information content (AvgIpc) is 2.36. The van der Waals surface area contributed by atoms with Crippen LogP contribution in [-0.2, 0) is 19.4 Å². The average molecular weight is 321 g/mol. The van der Waals surface area contributed by atoms with Crippen molar-refractivity contribution in [2.24, 2.45) is 0 Å². The zero-order valence-electron chi connectivity index (χ0n) is 11.7. The number of hydrogen-bond donors (Lipinski definition) is 3. The highest BCUT2D eigenvalue weighted by atomic mass is 32.2. The van der Waals surface area contributed by atoms with Crippen molar-refractivity contribution in [3.05, 3.63) is 0 Å². The van der Waals surface area contributed by atoms with Crippen molar-refractivity contribution in [2.45, 2.75) is 18.9 Å². The molecule has 21 heavy (non-hydrogen) atoms. The first kappa shape index (κ1) is 17.2. The van der Waals surface area contributed by atoms with E-state index in [-0.39, 0.29) is 36.9 Å². The summed E-state index contributed by atoms with van der Waals surface area (Å²) in [5, 5.41) is 13.7. The first-order valence-electron chi connectivity index (χ1n) is 6.42. The monoisotopic (exact) mass is 321 g/mol. The zero-order chi connectivity index (χ0) is 16.0. The van der Waals surface area contributed by atoms with Gasteiger partial charge in [0.2, 0.25) is 5.91 Å². The minimum absolute atomic E-state index is 0.0495. The fraction of sp³-hybridized carbons (Fsp3) is 0.727. The third kappa shape index (κ3) is 5.58. The van der Waals surface area contributed by atoms with Gasteiger partial charge >= 0.3 is 12.0 Å². The van der Waals surface area contributed by atoms with Gasteiger partial charge in [-0.1, -0.05) is 0 Å². The summed E-state index contributed by atoms with van der Waals surface area (Å²) in [5.74, 6) is -1.95. The van der Waals surface area contributed by atoms with Gasteiger partial charge in [-0.3, -0.25) is 9.59 Å². The van der Waals surface area contributed by atoms with E-state index in [2.05, 4.69) is 10.6 Å². The lowest BCUT2D eigenvalue weighted by molar-refractivity contribution is -0.138. The summed E-state index contributed by atoms with van der Waals surface area (Å²) in [5.41, 5.74) is 0. The smallest absolute Gasteiger partial charge is 0.317 e. The Bertz CT molecular complexity index is 518. The Hall–Kier alpha value is -1.84. The Morgan fingerprint density at radius 3 is 2.57 bits per heavy atom. The van der Waals surface area contributed by atoms with Crippen molar-refractivity contribution in [3.63, 3.8) is 0 Å². The van der Waals surface area contributed by atoms with Gasteiger partial charge in [-0.2, -0.15) is 0 Å². The number of hydrogen-bond acceptors (Lipinski definition) is 5. The van der Waals surface area contributed by atoms with Crippen LogP contribution in [0.5, 0.6) is 0 Å². The predicted molar refractivity (Wildman–Crippen MR) is 73.5 cm³/mol. The van der Waals surface area contributed by atoms with Crippen molar-refractivity contribution >= 4 is 27.7 Å². The summed E-state index contributed by atoms with van der Waals surface area (Å²) in [4.78, 5) is 35.0. The molecule has 0 aliphatic carbocycles. The van der Waals surface area contributed by atoms with Gasteiger partial charge in [0, 0.05) is 26.6 Å². The Morgan fingerprint density at radius 1 is 1.33 bits per heavy atom. The number of carbonyl (C=O) groups is 3. The fourth-order valence-electron chi connectivity index (χ4n) is 2.03. The molecular weight excluding hydrogens is 302 g/mol. The van der Waals surface area contributed by atoms with Crippen LogP contribution in [0.2, 0.25) is 0 Å². The number of aliphatic carboxylic acids is 1. The molecule has 120 valence electrons. The lowest BCUT2D eigenvalue weighted by Crippen LogP contribution is -2.55. The van der Waals surface area contributed by atoms with E-state index in [9.17, 15) is 22.8 Å². The Balaban J connectivity index is 2.62. The first-order valence-corrected chi connectivity index (χ1v) is 8.24. The molecule has 0 aromatic rings. The molecule has 0 aromatic carbocycles. The summed E-state index contributed by atoms with van der Waals surface area (Å²) < 4.78 is 23.1. The van der Waals surface area contributed by atoms with Crippen LogP contribution in [0.1, 0.15) is 12.8 Å². The SMILES string of the molecule is CNC(=O)CCNC(=O)N1CCS(=O)(=O)CC1CC(=O)O. The van der Waals surface area contributed by atoms with E-state index in [0.717, 1.165) is 0 Å². The molecule has 1 unspecified atom stereocenters. The van der Waals surface area contributed by atoms with E-state index in [1.54, 1.807) is 0 Å². The quantitative estimate of drug-likeness (QED) is 0.559. The summed E-state index contributed by atoms with van der Waals surface area (Å²) in [7, 11) is -1.86. The lowest BCUT2D eigenvalue weighted by atomic mass is 10.2. The number of urea groups is 1. The summed E-state index contributed by atoms with van der Waals surface area (Å²) >= 11 is 0. The number of sulfone groups is 1. The molecule has 1 fully saturated rings. The van der Waals surface area contributed by atoms with Crippen LogP contribution in [0.15, 0.2) is 0 Å². The largest absolute Gasteiger partial charge is 0.481 e. The molecular formula is C11H19N3O6S. The second-order valence-electron chi connectivity index (χ2n) is 4.71. The maximum atomic E-state index is 12.0. The fourth-order valence-corrected chi connectivity index (χ4v) is 3.56. The molecule has 0 radical (unpaired) electrons. The minimum Gasteiger partial charge on any atom is -0.481 e. The molecule has 0 spiro atoms. The molecule has 0 saturated carbocycles. The third-order valence-electron chi connectivity index (χ3n) is 3.11. The van der Waals surface area contributed by atoms with Gasteiger partial charge in [0.1, 0.15) is 0 Å². The van der Waals surface area contributed by atoms with Gasteiger partial charge in [0.25, 0.3) is 0 Å².